The SMILES string of the molecule is CNCc1cc(S(=O)(=O)NCc2ncc[nH]2)c(Cl)cc1Cl. The van der Waals surface area contributed by atoms with Gasteiger partial charge in [0.05, 0.1) is 11.6 Å². The molecule has 0 saturated heterocycles. The largest absolute Gasteiger partial charge is 0.347 e. The van der Waals surface area contributed by atoms with Crippen LogP contribution in [0.2, 0.25) is 10.0 Å². The molecule has 2 aromatic rings. The second-order valence-electron chi connectivity index (χ2n) is 4.26. The van der Waals surface area contributed by atoms with Crippen molar-refractivity contribution in [1.29, 1.82) is 0 Å². The van der Waals surface area contributed by atoms with Crippen LogP contribution < -0.4 is 10.0 Å². The number of imidazole rings is 1. The molecule has 0 aliphatic heterocycles. The molecule has 1 heterocycles. The van der Waals surface area contributed by atoms with Crippen molar-refractivity contribution in [2.45, 2.75) is 18.0 Å². The van der Waals surface area contributed by atoms with Crippen LogP contribution in [-0.2, 0) is 23.1 Å². The normalized spacial score (nSPS) is 11.8. The predicted molar refractivity (Wildman–Crippen MR) is 81.8 cm³/mol. The molecule has 21 heavy (non-hydrogen) atoms. The van der Waals surface area contributed by atoms with Crippen LogP contribution in [0.25, 0.3) is 0 Å². The average molecular weight is 349 g/mol. The Morgan fingerprint density at radius 1 is 1.24 bits per heavy atom. The molecule has 0 spiro atoms. The number of H-pyrrole nitrogens is 1. The van der Waals surface area contributed by atoms with Crippen LogP contribution in [0.4, 0.5) is 0 Å². The number of aromatic nitrogens is 2. The van der Waals surface area contributed by atoms with E-state index < -0.39 is 10.0 Å². The predicted octanol–water partition coefficient (Wildman–Crippen LogP) is 1.91. The minimum absolute atomic E-state index is 0.00891. The van der Waals surface area contributed by atoms with Gasteiger partial charge in [-0.2, -0.15) is 0 Å². The van der Waals surface area contributed by atoms with Gasteiger partial charge in [-0.25, -0.2) is 18.1 Å². The zero-order valence-corrected chi connectivity index (χ0v) is 13.5. The van der Waals surface area contributed by atoms with E-state index >= 15 is 0 Å². The van der Waals surface area contributed by atoms with Crippen LogP contribution >= 0.6 is 23.2 Å². The highest BCUT2D eigenvalue weighted by atomic mass is 35.5. The van der Waals surface area contributed by atoms with Gasteiger partial charge in [0, 0.05) is 24.0 Å². The maximum absolute atomic E-state index is 12.3. The van der Waals surface area contributed by atoms with Gasteiger partial charge in [0.1, 0.15) is 10.7 Å². The Morgan fingerprint density at radius 3 is 2.62 bits per heavy atom. The lowest BCUT2D eigenvalue weighted by atomic mass is 10.2. The molecule has 3 N–H and O–H groups in total. The van der Waals surface area contributed by atoms with Crippen LogP contribution in [0.1, 0.15) is 11.4 Å². The van der Waals surface area contributed by atoms with Crippen molar-refractivity contribution in [2.75, 3.05) is 7.05 Å². The molecule has 0 saturated carbocycles. The van der Waals surface area contributed by atoms with E-state index in [9.17, 15) is 8.42 Å². The van der Waals surface area contributed by atoms with Crippen LogP contribution in [0.3, 0.4) is 0 Å². The third-order valence-corrected chi connectivity index (χ3v) is 4.96. The van der Waals surface area contributed by atoms with Crippen molar-refractivity contribution in [3.05, 3.63) is 46.0 Å². The monoisotopic (exact) mass is 348 g/mol. The number of rotatable bonds is 6. The van der Waals surface area contributed by atoms with E-state index in [1.54, 1.807) is 19.4 Å². The van der Waals surface area contributed by atoms with Gasteiger partial charge in [-0.1, -0.05) is 23.2 Å². The first-order chi connectivity index (χ1) is 9.94. The van der Waals surface area contributed by atoms with E-state index in [2.05, 4.69) is 20.0 Å². The van der Waals surface area contributed by atoms with E-state index in [0.29, 0.717) is 23.0 Å². The molecular weight excluding hydrogens is 335 g/mol. The first kappa shape index (κ1) is 16.3. The second-order valence-corrected chi connectivity index (χ2v) is 6.81. The molecule has 2 rings (SSSR count). The fraction of sp³-hybridized carbons (Fsp3) is 0.250. The molecule has 0 fully saturated rings. The number of hydrogen-bond donors (Lipinski definition) is 3. The van der Waals surface area contributed by atoms with E-state index in [-0.39, 0.29) is 16.5 Å². The Balaban J connectivity index is 2.28. The van der Waals surface area contributed by atoms with Crippen LogP contribution in [0.15, 0.2) is 29.4 Å². The van der Waals surface area contributed by atoms with Gasteiger partial charge in [-0.3, -0.25) is 0 Å². The fourth-order valence-corrected chi connectivity index (χ4v) is 3.59. The summed E-state index contributed by atoms with van der Waals surface area (Å²) < 4.78 is 27.1. The van der Waals surface area contributed by atoms with Gasteiger partial charge in [0.15, 0.2) is 0 Å². The van der Waals surface area contributed by atoms with Gasteiger partial charge in [-0.15, -0.1) is 0 Å². The highest BCUT2D eigenvalue weighted by Crippen LogP contribution is 2.28. The summed E-state index contributed by atoms with van der Waals surface area (Å²) >= 11 is 12.0. The number of sulfonamides is 1. The molecule has 1 aromatic carbocycles. The van der Waals surface area contributed by atoms with Crippen molar-refractivity contribution in [3.63, 3.8) is 0 Å². The molecule has 9 heteroatoms. The van der Waals surface area contributed by atoms with Crippen LogP contribution in [-0.4, -0.2) is 25.4 Å². The van der Waals surface area contributed by atoms with Crippen molar-refractivity contribution in [1.82, 2.24) is 20.0 Å². The second kappa shape index (κ2) is 6.76. The molecule has 0 amide bonds. The van der Waals surface area contributed by atoms with Crippen LogP contribution in [0, 0.1) is 0 Å². The molecule has 0 aliphatic rings. The maximum Gasteiger partial charge on any atom is 0.242 e. The molecule has 0 radical (unpaired) electrons. The summed E-state index contributed by atoms with van der Waals surface area (Å²) in [6.07, 6.45) is 3.16. The summed E-state index contributed by atoms with van der Waals surface area (Å²) in [5.74, 6) is 0.513. The third-order valence-electron chi connectivity index (χ3n) is 2.74. The number of aromatic amines is 1. The van der Waals surface area contributed by atoms with Gasteiger partial charge >= 0.3 is 0 Å². The molecule has 114 valence electrons. The number of benzene rings is 1. The lowest BCUT2D eigenvalue weighted by Crippen LogP contribution is -2.24. The molecule has 0 atom stereocenters. The maximum atomic E-state index is 12.3. The fourth-order valence-electron chi connectivity index (χ4n) is 1.74. The third kappa shape index (κ3) is 3.96. The lowest BCUT2D eigenvalue weighted by Gasteiger charge is -2.11. The Bertz CT molecular complexity index is 717. The number of halogens is 2. The van der Waals surface area contributed by atoms with Crippen molar-refractivity contribution in [2.24, 2.45) is 0 Å². The van der Waals surface area contributed by atoms with E-state index in [1.165, 1.54) is 12.1 Å². The Morgan fingerprint density at radius 2 is 2.00 bits per heavy atom. The minimum Gasteiger partial charge on any atom is -0.347 e. The summed E-state index contributed by atoms with van der Waals surface area (Å²) in [6.45, 7) is 0.492. The average Bonchev–Trinajstić information content (AvgIpc) is 2.93. The van der Waals surface area contributed by atoms with Gasteiger partial charge in [0.2, 0.25) is 10.0 Å². The molecule has 0 unspecified atom stereocenters. The van der Waals surface area contributed by atoms with Gasteiger partial charge in [-0.05, 0) is 24.7 Å². The number of nitrogens with one attached hydrogen (secondary N) is 3. The number of nitrogens with zero attached hydrogens (tertiary/aromatic N) is 1. The Hall–Kier alpha value is -1.12. The molecule has 0 bridgehead atoms. The summed E-state index contributed by atoms with van der Waals surface area (Å²) in [5, 5.41) is 3.41. The minimum atomic E-state index is -3.75. The zero-order chi connectivity index (χ0) is 15.5. The first-order valence-electron chi connectivity index (χ1n) is 6.04. The van der Waals surface area contributed by atoms with E-state index in [0.717, 1.165) is 0 Å². The first-order valence-corrected chi connectivity index (χ1v) is 8.28. The van der Waals surface area contributed by atoms with Crippen molar-refractivity contribution < 1.29 is 8.42 Å². The zero-order valence-electron chi connectivity index (χ0n) is 11.2. The van der Waals surface area contributed by atoms with E-state index in [4.69, 9.17) is 23.2 Å². The standard InChI is InChI=1S/C12H14Cl2N4O2S/c1-15-6-8-4-11(10(14)5-9(8)13)21(19,20)18-7-12-16-2-3-17-12/h2-5,15,18H,6-7H2,1H3,(H,16,17). The molecule has 6 nitrogen and oxygen atoms in total. The summed E-state index contributed by atoms with van der Waals surface area (Å²) in [5.41, 5.74) is 0.655. The Labute approximate surface area is 132 Å². The summed E-state index contributed by atoms with van der Waals surface area (Å²) in [4.78, 5) is 6.76. The summed E-state index contributed by atoms with van der Waals surface area (Å²) in [6, 6.07) is 2.89. The quantitative estimate of drug-likeness (QED) is 0.744. The molecular formula is C12H14Cl2N4O2S. The van der Waals surface area contributed by atoms with Gasteiger partial charge < -0.3 is 10.3 Å². The van der Waals surface area contributed by atoms with Crippen molar-refractivity contribution >= 4 is 33.2 Å². The topological polar surface area (TPSA) is 86.9 Å². The molecule has 1 aromatic heterocycles. The van der Waals surface area contributed by atoms with Crippen LogP contribution in [0.5, 0.6) is 0 Å². The summed E-state index contributed by atoms with van der Waals surface area (Å²) in [7, 11) is -2.01. The highest BCUT2D eigenvalue weighted by Gasteiger charge is 2.20. The molecule has 0 aliphatic carbocycles. The smallest absolute Gasteiger partial charge is 0.242 e. The Kier molecular flexibility index (Phi) is 5.23. The number of hydrogen-bond acceptors (Lipinski definition) is 4. The highest BCUT2D eigenvalue weighted by molar-refractivity contribution is 7.89. The lowest BCUT2D eigenvalue weighted by molar-refractivity contribution is 0.579. The van der Waals surface area contributed by atoms with Gasteiger partial charge in [0.25, 0.3) is 0 Å². The van der Waals surface area contributed by atoms with E-state index in [1.807, 2.05) is 0 Å². The van der Waals surface area contributed by atoms with Crippen molar-refractivity contribution in [3.8, 4) is 0 Å².